The van der Waals surface area contributed by atoms with Crippen LogP contribution in [0.3, 0.4) is 0 Å². The van der Waals surface area contributed by atoms with E-state index in [1.165, 1.54) is 29.4 Å². The van der Waals surface area contributed by atoms with Gasteiger partial charge < -0.3 is 5.32 Å². The first-order valence-corrected chi connectivity index (χ1v) is 11.7. The number of anilines is 1. The maximum absolute atomic E-state index is 12.9. The molecule has 0 unspecified atom stereocenters. The predicted octanol–water partition coefficient (Wildman–Crippen LogP) is 6.18. The van der Waals surface area contributed by atoms with Crippen LogP contribution in [-0.2, 0) is 6.18 Å². The number of aromatic nitrogens is 3. The lowest BCUT2D eigenvalue weighted by Gasteiger charge is -2.27. The molecule has 5 nitrogen and oxygen atoms in total. The summed E-state index contributed by atoms with van der Waals surface area (Å²) in [5.74, 6) is 0.105. The van der Waals surface area contributed by atoms with E-state index in [-0.39, 0.29) is 5.69 Å². The number of amides is 1. The van der Waals surface area contributed by atoms with Crippen molar-refractivity contribution in [3.63, 3.8) is 0 Å². The summed E-state index contributed by atoms with van der Waals surface area (Å²) in [6.45, 7) is 1.83. The number of carbonyl (C=O) groups is 1. The zero-order chi connectivity index (χ0) is 22.2. The Bertz CT molecular complexity index is 1100. The zero-order valence-corrected chi connectivity index (χ0v) is 19.1. The molecule has 0 radical (unpaired) electrons. The molecule has 1 aliphatic rings. The standard InChI is InChI=1S/C22H22F3IN4O/c1-13-9-19-15(12-30(29-19)16-7-5-14(11-26)6-8-16)10-18(13)28-21(31)17-3-2-4-20(27-17)22(23,24)25/h2-4,9-10,12,14,16H,5-8,11H2,1H3,(H,28,31). The molecule has 1 amide bonds. The van der Waals surface area contributed by atoms with Gasteiger partial charge in [0.1, 0.15) is 11.4 Å². The molecule has 1 aliphatic carbocycles. The molecule has 9 heteroatoms. The highest BCUT2D eigenvalue weighted by Gasteiger charge is 2.33. The summed E-state index contributed by atoms with van der Waals surface area (Å²) < 4.78 is 41.9. The molecule has 31 heavy (non-hydrogen) atoms. The van der Waals surface area contributed by atoms with Gasteiger partial charge in [-0.05, 0) is 68.4 Å². The number of hydrogen-bond acceptors (Lipinski definition) is 3. The number of alkyl halides is 4. The third-order valence-corrected chi connectivity index (χ3v) is 7.04. The van der Waals surface area contributed by atoms with Crippen molar-refractivity contribution in [3.8, 4) is 0 Å². The summed E-state index contributed by atoms with van der Waals surface area (Å²) in [5, 5.41) is 8.31. The smallest absolute Gasteiger partial charge is 0.320 e. The van der Waals surface area contributed by atoms with Gasteiger partial charge in [0.25, 0.3) is 5.91 Å². The topological polar surface area (TPSA) is 59.8 Å². The monoisotopic (exact) mass is 542 g/mol. The summed E-state index contributed by atoms with van der Waals surface area (Å²) in [7, 11) is 0. The Balaban J connectivity index is 1.55. The fourth-order valence-corrected chi connectivity index (χ4v) is 4.87. The van der Waals surface area contributed by atoms with E-state index in [1.54, 1.807) is 0 Å². The van der Waals surface area contributed by atoms with E-state index in [1.807, 2.05) is 29.9 Å². The highest BCUT2D eigenvalue weighted by atomic mass is 127. The minimum absolute atomic E-state index is 0.281. The van der Waals surface area contributed by atoms with Gasteiger partial charge in [-0.25, -0.2) is 4.98 Å². The summed E-state index contributed by atoms with van der Waals surface area (Å²) in [4.78, 5) is 16.0. The largest absolute Gasteiger partial charge is 0.433 e. The second-order valence-electron chi connectivity index (χ2n) is 8.02. The Morgan fingerprint density at radius 1 is 1.23 bits per heavy atom. The van der Waals surface area contributed by atoms with Crippen molar-refractivity contribution in [1.29, 1.82) is 0 Å². The van der Waals surface area contributed by atoms with Gasteiger partial charge in [0.2, 0.25) is 0 Å². The molecule has 2 aromatic heterocycles. The highest BCUT2D eigenvalue weighted by molar-refractivity contribution is 14.1. The molecule has 0 bridgehead atoms. The van der Waals surface area contributed by atoms with Gasteiger partial charge in [-0.2, -0.15) is 18.3 Å². The van der Waals surface area contributed by atoms with Crippen molar-refractivity contribution >= 4 is 45.1 Å². The van der Waals surface area contributed by atoms with Gasteiger partial charge in [-0.3, -0.25) is 9.48 Å². The Morgan fingerprint density at radius 3 is 2.65 bits per heavy atom. The van der Waals surface area contributed by atoms with Crippen molar-refractivity contribution in [3.05, 3.63) is 53.5 Å². The first kappa shape index (κ1) is 22.0. The fraction of sp³-hybridized carbons (Fsp3) is 0.409. The van der Waals surface area contributed by atoms with Crippen molar-refractivity contribution in [2.45, 2.75) is 44.8 Å². The maximum Gasteiger partial charge on any atom is 0.433 e. The lowest BCUT2D eigenvalue weighted by Crippen LogP contribution is -2.19. The van der Waals surface area contributed by atoms with Crippen molar-refractivity contribution in [2.75, 3.05) is 9.74 Å². The van der Waals surface area contributed by atoms with E-state index in [4.69, 9.17) is 5.10 Å². The van der Waals surface area contributed by atoms with E-state index >= 15 is 0 Å². The number of benzene rings is 1. The third kappa shape index (κ3) is 4.86. The Hall–Kier alpha value is -2.17. The first-order valence-electron chi connectivity index (χ1n) is 10.2. The Kier molecular flexibility index (Phi) is 6.23. The highest BCUT2D eigenvalue weighted by Crippen LogP contribution is 2.34. The lowest BCUT2D eigenvalue weighted by atomic mass is 9.87. The average Bonchev–Trinajstić information content (AvgIpc) is 3.16. The quantitative estimate of drug-likeness (QED) is 0.317. The van der Waals surface area contributed by atoms with Crippen LogP contribution >= 0.6 is 22.6 Å². The average molecular weight is 542 g/mol. The van der Waals surface area contributed by atoms with Gasteiger partial charge in [-0.15, -0.1) is 0 Å². The number of pyridine rings is 1. The molecule has 1 fully saturated rings. The zero-order valence-electron chi connectivity index (χ0n) is 16.9. The molecule has 0 aliphatic heterocycles. The Morgan fingerprint density at radius 2 is 1.97 bits per heavy atom. The second kappa shape index (κ2) is 8.76. The van der Waals surface area contributed by atoms with Crippen LogP contribution in [0.1, 0.15) is 53.5 Å². The van der Waals surface area contributed by atoms with Gasteiger partial charge in [0, 0.05) is 21.7 Å². The van der Waals surface area contributed by atoms with Crippen molar-refractivity contribution in [1.82, 2.24) is 14.8 Å². The van der Waals surface area contributed by atoms with Crippen LogP contribution in [0.15, 0.2) is 36.5 Å². The van der Waals surface area contributed by atoms with Gasteiger partial charge >= 0.3 is 6.18 Å². The molecular formula is C22H22F3IN4O. The number of aryl methyl sites for hydroxylation is 1. The number of nitrogens with zero attached hydrogens (tertiary/aromatic N) is 3. The van der Waals surface area contributed by atoms with E-state index in [0.29, 0.717) is 11.7 Å². The molecular weight excluding hydrogens is 520 g/mol. The number of hydrogen-bond donors (Lipinski definition) is 1. The number of fused-ring (bicyclic) bond motifs is 1. The molecule has 0 atom stereocenters. The van der Waals surface area contributed by atoms with Crippen molar-refractivity contribution < 1.29 is 18.0 Å². The summed E-state index contributed by atoms with van der Waals surface area (Å²) in [6, 6.07) is 7.36. The number of halogens is 4. The molecule has 0 saturated heterocycles. The van der Waals surface area contributed by atoms with Gasteiger partial charge in [0.15, 0.2) is 0 Å². The normalized spacial score (nSPS) is 19.5. The predicted molar refractivity (Wildman–Crippen MR) is 122 cm³/mol. The summed E-state index contributed by atoms with van der Waals surface area (Å²) in [5.41, 5.74) is 0.781. The summed E-state index contributed by atoms with van der Waals surface area (Å²) >= 11 is 2.45. The molecule has 1 aromatic carbocycles. The van der Waals surface area contributed by atoms with Crippen LogP contribution in [0.5, 0.6) is 0 Å². The first-order chi connectivity index (χ1) is 14.7. The molecule has 3 aromatic rings. The molecule has 1 saturated carbocycles. The number of rotatable bonds is 4. The minimum Gasteiger partial charge on any atom is -0.320 e. The fourth-order valence-electron chi connectivity index (χ4n) is 3.99. The number of carbonyl (C=O) groups excluding carboxylic acids is 1. The molecule has 164 valence electrons. The third-order valence-electron chi connectivity index (χ3n) is 5.80. The lowest BCUT2D eigenvalue weighted by molar-refractivity contribution is -0.141. The minimum atomic E-state index is -4.60. The van der Waals surface area contributed by atoms with E-state index in [9.17, 15) is 18.0 Å². The van der Waals surface area contributed by atoms with Crippen LogP contribution in [0.25, 0.3) is 10.9 Å². The van der Waals surface area contributed by atoms with Crippen molar-refractivity contribution in [2.24, 2.45) is 5.92 Å². The number of nitrogens with one attached hydrogen (secondary N) is 1. The molecule has 2 heterocycles. The van der Waals surface area contributed by atoms with E-state index in [2.05, 4.69) is 32.9 Å². The van der Waals surface area contributed by atoms with Gasteiger partial charge in [0.05, 0.1) is 11.6 Å². The van der Waals surface area contributed by atoms with E-state index < -0.39 is 17.8 Å². The second-order valence-corrected chi connectivity index (χ2v) is 8.90. The molecule has 1 N–H and O–H groups in total. The van der Waals surface area contributed by atoms with Crippen LogP contribution < -0.4 is 5.32 Å². The van der Waals surface area contributed by atoms with Gasteiger partial charge in [-0.1, -0.05) is 28.7 Å². The maximum atomic E-state index is 12.9. The SMILES string of the molecule is Cc1cc2nn(C3CCC(CI)CC3)cc2cc1NC(=O)c1cccc(C(F)(F)F)n1. The molecule has 4 rings (SSSR count). The van der Waals surface area contributed by atoms with Crippen LogP contribution in [0.4, 0.5) is 18.9 Å². The van der Waals surface area contributed by atoms with E-state index in [0.717, 1.165) is 41.3 Å². The molecule has 0 spiro atoms. The van der Waals surface area contributed by atoms with Crippen LogP contribution in [-0.4, -0.2) is 25.1 Å². The van der Waals surface area contributed by atoms with Crippen LogP contribution in [0, 0.1) is 12.8 Å². The summed E-state index contributed by atoms with van der Waals surface area (Å²) in [6.07, 6.45) is 2.00. The Labute approximate surface area is 191 Å². The van der Waals surface area contributed by atoms with Crippen LogP contribution in [0.2, 0.25) is 0 Å².